The molecule has 5 nitrogen and oxygen atoms in total. The Morgan fingerprint density at radius 2 is 1.94 bits per heavy atom. The molecule has 2 aromatic carbocycles. The molecule has 0 spiro atoms. The van der Waals surface area contributed by atoms with Gasteiger partial charge in [-0.15, -0.1) is 11.3 Å². The summed E-state index contributed by atoms with van der Waals surface area (Å²) >= 11 is 1.53. The van der Waals surface area contributed by atoms with Gasteiger partial charge in [0.2, 0.25) is 5.91 Å². The number of carbonyl (C=O) groups excluding carboxylic acids is 1. The predicted octanol–water partition coefficient (Wildman–Crippen LogP) is 5.34. The molecule has 1 N–H and O–H groups in total. The molecule has 1 amide bonds. The topological polar surface area (TPSA) is 58.1 Å². The zero-order valence-corrected chi connectivity index (χ0v) is 19.4. The number of rotatable bonds is 6. The zero-order chi connectivity index (χ0) is 22.8. The predicted molar refractivity (Wildman–Crippen MR) is 132 cm³/mol. The Morgan fingerprint density at radius 1 is 1.15 bits per heavy atom. The molecule has 7 heteroatoms. The second-order valence-corrected chi connectivity index (χ2v) is 9.71. The summed E-state index contributed by atoms with van der Waals surface area (Å²) in [4.78, 5) is 24.1. The van der Waals surface area contributed by atoms with Crippen LogP contribution in [0.1, 0.15) is 31.7 Å². The van der Waals surface area contributed by atoms with Crippen molar-refractivity contribution in [2.24, 2.45) is 5.92 Å². The fourth-order valence-corrected chi connectivity index (χ4v) is 5.85. The van der Waals surface area contributed by atoms with Gasteiger partial charge in [0.15, 0.2) is 0 Å². The number of hydrogen-bond donors (Lipinski definition) is 1. The quantitative estimate of drug-likeness (QED) is 0.420. The Kier molecular flexibility index (Phi) is 6.22. The van der Waals surface area contributed by atoms with Crippen molar-refractivity contribution in [2.75, 3.05) is 18.0 Å². The second kappa shape index (κ2) is 9.43. The fourth-order valence-electron chi connectivity index (χ4n) is 4.66. The SMILES string of the molecule is CC[C@H](Cc1ccccc1)NC(=O)C1CCN(c2ncnc3c2sc2cccc(F)c23)CC1. The molecule has 1 saturated heterocycles. The number of halogens is 1. The Hall–Kier alpha value is -3.06. The van der Waals surface area contributed by atoms with E-state index in [9.17, 15) is 9.18 Å². The van der Waals surface area contributed by atoms with Crippen LogP contribution >= 0.6 is 11.3 Å². The average molecular weight is 463 g/mol. The van der Waals surface area contributed by atoms with Gasteiger partial charge in [-0.1, -0.05) is 43.3 Å². The van der Waals surface area contributed by atoms with Crippen LogP contribution in [-0.4, -0.2) is 35.0 Å². The summed E-state index contributed by atoms with van der Waals surface area (Å²) in [6.07, 6.45) is 4.82. The maximum atomic E-state index is 14.4. The van der Waals surface area contributed by atoms with Gasteiger partial charge in [0.05, 0.1) is 15.6 Å². The van der Waals surface area contributed by atoms with Crippen molar-refractivity contribution in [1.82, 2.24) is 15.3 Å². The van der Waals surface area contributed by atoms with Crippen molar-refractivity contribution < 1.29 is 9.18 Å². The molecule has 3 heterocycles. The number of nitrogens with one attached hydrogen (secondary N) is 1. The van der Waals surface area contributed by atoms with E-state index in [1.54, 1.807) is 6.07 Å². The van der Waals surface area contributed by atoms with E-state index in [2.05, 4.69) is 39.2 Å². The molecular formula is C26H27FN4OS. The summed E-state index contributed by atoms with van der Waals surface area (Å²) in [5.74, 6) is 0.743. The van der Waals surface area contributed by atoms with Crippen molar-refractivity contribution in [2.45, 2.75) is 38.6 Å². The third-order valence-corrected chi connectivity index (χ3v) is 7.68. The Morgan fingerprint density at radius 3 is 2.70 bits per heavy atom. The number of anilines is 1. The van der Waals surface area contributed by atoms with Crippen LogP contribution in [0.3, 0.4) is 0 Å². The molecule has 0 saturated carbocycles. The van der Waals surface area contributed by atoms with E-state index in [1.807, 2.05) is 24.3 Å². The van der Waals surface area contributed by atoms with Crippen LogP contribution in [0.15, 0.2) is 54.9 Å². The van der Waals surface area contributed by atoms with Gasteiger partial charge in [-0.3, -0.25) is 4.79 Å². The number of carbonyl (C=O) groups is 1. The van der Waals surface area contributed by atoms with Crippen LogP contribution in [0.5, 0.6) is 0 Å². The molecule has 33 heavy (non-hydrogen) atoms. The summed E-state index contributed by atoms with van der Waals surface area (Å²) in [5.41, 5.74) is 1.91. The minimum absolute atomic E-state index is 0.00301. The van der Waals surface area contributed by atoms with Crippen molar-refractivity contribution in [3.63, 3.8) is 0 Å². The van der Waals surface area contributed by atoms with Gasteiger partial charge >= 0.3 is 0 Å². The fraction of sp³-hybridized carbons (Fsp3) is 0.346. The number of amides is 1. The first-order chi connectivity index (χ1) is 16.1. The van der Waals surface area contributed by atoms with E-state index < -0.39 is 0 Å². The third-order valence-electron chi connectivity index (χ3n) is 6.54. The number of piperidine rings is 1. The van der Waals surface area contributed by atoms with Crippen LogP contribution in [0.2, 0.25) is 0 Å². The number of benzene rings is 2. The third kappa shape index (κ3) is 4.42. The molecule has 0 aliphatic carbocycles. The van der Waals surface area contributed by atoms with Crippen molar-refractivity contribution in [3.8, 4) is 0 Å². The lowest BCUT2D eigenvalue weighted by Crippen LogP contribution is -2.44. The standard InChI is InChI=1S/C26H27FN4OS/c1-2-19(15-17-7-4-3-5-8-17)30-26(32)18-11-13-31(14-12-18)25-24-23(28-16-29-25)22-20(27)9-6-10-21(22)33-24/h3-10,16,18-19H,2,11-15H2,1H3,(H,30,32)/t19-/m1/s1. The van der Waals surface area contributed by atoms with Gasteiger partial charge in [0.25, 0.3) is 0 Å². The molecule has 0 radical (unpaired) electrons. The maximum Gasteiger partial charge on any atom is 0.223 e. The first kappa shape index (κ1) is 21.8. The van der Waals surface area contributed by atoms with Gasteiger partial charge in [-0.2, -0.15) is 0 Å². The number of aromatic nitrogens is 2. The highest BCUT2D eigenvalue weighted by Crippen LogP contribution is 2.39. The minimum atomic E-state index is -0.250. The van der Waals surface area contributed by atoms with Crippen molar-refractivity contribution in [3.05, 3.63) is 66.2 Å². The monoisotopic (exact) mass is 462 g/mol. The summed E-state index contributed by atoms with van der Waals surface area (Å²) in [7, 11) is 0. The van der Waals surface area contributed by atoms with Crippen LogP contribution < -0.4 is 10.2 Å². The van der Waals surface area contributed by atoms with Gasteiger partial charge in [0.1, 0.15) is 18.0 Å². The summed E-state index contributed by atoms with van der Waals surface area (Å²) in [5, 5.41) is 3.84. The van der Waals surface area contributed by atoms with E-state index in [1.165, 1.54) is 29.3 Å². The first-order valence-corrected chi connectivity index (χ1v) is 12.4. The number of thiophene rings is 1. The highest BCUT2D eigenvalue weighted by molar-refractivity contribution is 7.26. The van der Waals surface area contributed by atoms with Crippen LogP contribution in [0.4, 0.5) is 10.2 Å². The van der Waals surface area contributed by atoms with Crippen molar-refractivity contribution in [1.29, 1.82) is 0 Å². The Labute approximate surface area is 196 Å². The molecule has 5 rings (SSSR count). The Balaban J connectivity index is 1.26. The molecule has 1 aliphatic rings. The van der Waals surface area contributed by atoms with Crippen LogP contribution in [0, 0.1) is 11.7 Å². The highest BCUT2D eigenvalue weighted by atomic mass is 32.1. The lowest BCUT2D eigenvalue weighted by molar-refractivity contribution is -0.126. The van der Waals surface area contributed by atoms with Gasteiger partial charge < -0.3 is 10.2 Å². The van der Waals surface area contributed by atoms with E-state index in [0.29, 0.717) is 10.9 Å². The number of fused-ring (bicyclic) bond motifs is 3. The second-order valence-electron chi connectivity index (χ2n) is 8.65. The summed E-state index contributed by atoms with van der Waals surface area (Å²) < 4.78 is 16.2. The zero-order valence-electron chi connectivity index (χ0n) is 18.6. The smallest absolute Gasteiger partial charge is 0.223 e. The van der Waals surface area contributed by atoms with Crippen LogP contribution in [0.25, 0.3) is 20.3 Å². The molecule has 1 aliphatic heterocycles. The molecule has 0 bridgehead atoms. The highest BCUT2D eigenvalue weighted by Gasteiger charge is 2.28. The molecule has 0 unspecified atom stereocenters. The largest absolute Gasteiger partial charge is 0.355 e. The minimum Gasteiger partial charge on any atom is -0.355 e. The Bertz CT molecular complexity index is 1270. The maximum absolute atomic E-state index is 14.4. The molecule has 1 atom stereocenters. The van der Waals surface area contributed by atoms with Gasteiger partial charge in [-0.05, 0) is 43.4 Å². The van der Waals surface area contributed by atoms with Gasteiger partial charge in [-0.25, -0.2) is 14.4 Å². The van der Waals surface area contributed by atoms with E-state index in [0.717, 1.165) is 54.0 Å². The van der Waals surface area contributed by atoms with E-state index in [4.69, 9.17) is 0 Å². The molecule has 4 aromatic rings. The van der Waals surface area contributed by atoms with Crippen molar-refractivity contribution >= 4 is 43.4 Å². The number of hydrogen-bond acceptors (Lipinski definition) is 5. The first-order valence-electron chi connectivity index (χ1n) is 11.5. The van der Waals surface area contributed by atoms with Crippen LogP contribution in [-0.2, 0) is 11.2 Å². The summed E-state index contributed by atoms with van der Waals surface area (Å²) in [6, 6.07) is 15.6. The summed E-state index contributed by atoms with van der Waals surface area (Å²) in [6.45, 7) is 3.61. The average Bonchev–Trinajstić information content (AvgIpc) is 3.24. The van der Waals surface area contributed by atoms with Gasteiger partial charge in [0, 0.05) is 29.7 Å². The lowest BCUT2D eigenvalue weighted by atomic mass is 9.94. The number of nitrogens with zero attached hydrogens (tertiary/aromatic N) is 3. The normalized spacial score (nSPS) is 15.8. The molecule has 2 aromatic heterocycles. The molecule has 1 fully saturated rings. The lowest BCUT2D eigenvalue weighted by Gasteiger charge is -2.33. The van der Waals surface area contributed by atoms with E-state index in [-0.39, 0.29) is 23.7 Å². The van der Waals surface area contributed by atoms with E-state index >= 15 is 0 Å². The molecular weight excluding hydrogens is 435 g/mol. The molecule has 170 valence electrons.